The second-order valence-corrected chi connectivity index (χ2v) is 7.04. The molecule has 1 aromatic heterocycles. The summed E-state index contributed by atoms with van der Waals surface area (Å²) >= 11 is 11.3. The molecule has 0 saturated carbocycles. The summed E-state index contributed by atoms with van der Waals surface area (Å²) in [5.74, 6) is -0.902. The highest BCUT2D eigenvalue weighted by molar-refractivity contribution is 7.80. The number of carbonyl (C=O) groups excluding carboxylic acids is 1. The van der Waals surface area contributed by atoms with E-state index in [1.165, 1.54) is 18.2 Å². The Kier molecular flexibility index (Phi) is 6.95. The van der Waals surface area contributed by atoms with Gasteiger partial charge in [-0.2, -0.15) is 0 Å². The number of aromatic nitrogens is 1. The van der Waals surface area contributed by atoms with E-state index in [-0.39, 0.29) is 32.7 Å². The molecule has 2 N–H and O–H groups in total. The molecule has 1 aliphatic rings. The van der Waals surface area contributed by atoms with Crippen LogP contribution in [0.25, 0.3) is 11.3 Å². The molecule has 2 aromatic rings. The van der Waals surface area contributed by atoms with Crippen molar-refractivity contribution < 1.29 is 18.4 Å². The molecule has 2 heterocycles. The third kappa shape index (κ3) is 4.85. The van der Waals surface area contributed by atoms with Crippen molar-refractivity contribution in [1.29, 1.82) is 0 Å². The van der Waals surface area contributed by atoms with Gasteiger partial charge >= 0.3 is 0 Å². The topological polar surface area (TPSA) is 79.6 Å². The molecule has 1 aromatic carbocycles. The molecule has 0 bridgehead atoms. The lowest BCUT2D eigenvalue weighted by molar-refractivity contribution is 0.0389. The minimum Gasteiger partial charge on any atom is -0.379 e. The van der Waals surface area contributed by atoms with Crippen LogP contribution in [0.5, 0.6) is 0 Å². The molecule has 3 rings (SSSR count). The van der Waals surface area contributed by atoms with Crippen LogP contribution in [0, 0.1) is 12.7 Å². The van der Waals surface area contributed by atoms with Gasteiger partial charge in [-0.05, 0) is 31.3 Å². The Morgan fingerprint density at radius 1 is 1.39 bits per heavy atom. The van der Waals surface area contributed by atoms with E-state index in [0.29, 0.717) is 6.54 Å². The lowest BCUT2D eigenvalue weighted by atomic mass is 10.1. The van der Waals surface area contributed by atoms with E-state index >= 15 is 0 Å². The fraction of sp³-hybridized carbons (Fsp3) is 0.389. The number of nitrogens with one attached hydrogen (secondary N) is 2. The second kappa shape index (κ2) is 9.42. The summed E-state index contributed by atoms with van der Waals surface area (Å²) in [6, 6.07) is 4.23. The minimum absolute atomic E-state index is 0.0114. The molecule has 0 radical (unpaired) electrons. The molecule has 1 aliphatic heterocycles. The van der Waals surface area contributed by atoms with Crippen LogP contribution in [0.2, 0.25) is 5.02 Å². The number of amides is 1. The fourth-order valence-corrected chi connectivity index (χ4v) is 3.34. The van der Waals surface area contributed by atoms with Gasteiger partial charge in [-0.15, -0.1) is 0 Å². The average Bonchev–Trinajstić information content (AvgIpc) is 3.03. The van der Waals surface area contributed by atoms with Gasteiger partial charge in [0.15, 0.2) is 5.11 Å². The molecular formula is C18H20ClFN4O3S. The maximum Gasteiger partial charge on any atom is 0.263 e. The van der Waals surface area contributed by atoms with Gasteiger partial charge in [-0.1, -0.05) is 22.8 Å². The summed E-state index contributed by atoms with van der Waals surface area (Å²) < 4.78 is 24.7. The van der Waals surface area contributed by atoms with Crippen LogP contribution >= 0.6 is 23.8 Å². The van der Waals surface area contributed by atoms with Crippen molar-refractivity contribution in [2.45, 2.75) is 6.92 Å². The van der Waals surface area contributed by atoms with Crippen molar-refractivity contribution in [1.82, 2.24) is 20.7 Å². The molecule has 10 heteroatoms. The number of thiocarbonyl (C=S) groups is 1. The van der Waals surface area contributed by atoms with Gasteiger partial charge in [0, 0.05) is 26.2 Å². The summed E-state index contributed by atoms with van der Waals surface area (Å²) in [6.07, 6.45) is 0. The first-order valence-corrected chi connectivity index (χ1v) is 9.56. The minimum atomic E-state index is -0.596. The van der Waals surface area contributed by atoms with E-state index in [4.69, 9.17) is 33.1 Å². The Balaban J connectivity index is 1.64. The molecule has 1 fully saturated rings. The van der Waals surface area contributed by atoms with Gasteiger partial charge in [0.1, 0.15) is 22.8 Å². The predicted molar refractivity (Wildman–Crippen MR) is 107 cm³/mol. The number of nitrogens with zero attached hydrogens (tertiary/aromatic N) is 2. The largest absolute Gasteiger partial charge is 0.379 e. The Morgan fingerprint density at radius 3 is 2.86 bits per heavy atom. The van der Waals surface area contributed by atoms with Crippen LogP contribution in [0.15, 0.2) is 22.7 Å². The van der Waals surface area contributed by atoms with Gasteiger partial charge in [-0.3, -0.25) is 15.0 Å². The number of aryl methyl sites for hydroxylation is 1. The van der Waals surface area contributed by atoms with Gasteiger partial charge < -0.3 is 14.6 Å². The quantitative estimate of drug-likeness (QED) is 0.710. The summed E-state index contributed by atoms with van der Waals surface area (Å²) in [5, 5.41) is 9.69. The van der Waals surface area contributed by atoms with E-state index in [0.717, 1.165) is 32.8 Å². The van der Waals surface area contributed by atoms with Gasteiger partial charge in [0.25, 0.3) is 5.91 Å². The van der Waals surface area contributed by atoms with E-state index in [2.05, 4.69) is 20.7 Å². The Bertz CT molecular complexity index is 850. The van der Waals surface area contributed by atoms with E-state index in [1.54, 1.807) is 6.92 Å². The SMILES string of the molecule is Cc1onc(-c2c(F)cccc2Cl)c1C(=O)NC(=S)NCCN1CCOCC1. The number of morpholine rings is 1. The first kappa shape index (κ1) is 20.7. The average molecular weight is 427 g/mol. The molecular weight excluding hydrogens is 407 g/mol. The van der Waals surface area contributed by atoms with Gasteiger partial charge in [-0.25, -0.2) is 4.39 Å². The highest BCUT2D eigenvalue weighted by Crippen LogP contribution is 2.33. The van der Waals surface area contributed by atoms with Crippen LogP contribution < -0.4 is 10.6 Å². The van der Waals surface area contributed by atoms with Gasteiger partial charge in [0.2, 0.25) is 0 Å². The number of halogens is 2. The third-order valence-electron chi connectivity index (χ3n) is 4.33. The molecule has 0 unspecified atom stereocenters. The van der Waals surface area contributed by atoms with E-state index in [1.807, 2.05) is 0 Å². The fourth-order valence-electron chi connectivity index (χ4n) is 2.90. The predicted octanol–water partition coefficient (Wildman–Crippen LogP) is 2.38. The highest BCUT2D eigenvalue weighted by atomic mass is 35.5. The van der Waals surface area contributed by atoms with Crippen LogP contribution in [0.4, 0.5) is 4.39 Å². The van der Waals surface area contributed by atoms with E-state index in [9.17, 15) is 9.18 Å². The molecule has 1 amide bonds. The number of benzene rings is 1. The zero-order chi connectivity index (χ0) is 20.1. The summed E-state index contributed by atoms with van der Waals surface area (Å²) in [5.41, 5.74) is 0.135. The first-order valence-electron chi connectivity index (χ1n) is 8.77. The lowest BCUT2D eigenvalue weighted by Gasteiger charge is -2.26. The standard InChI is InChI=1S/C18H20ClFN4O3S/c1-11-14(16(23-27-11)15-12(19)3-2-4-13(15)20)17(25)22-18(28)21-5-6-24-7-9-26-10-8-24/h2-4H,5-10H2,1H3,(H2,21,22,25,28). The number of hydrogen-bond acceptors (Lipinski definition) is 6. The summed E-state index contributed by atoms with van der Waals surface area (Å²) in [7, 11) is 0. The highest BCUT2D eigenvalue weighted by Gasteiger charge is 2.25. The van der Waals surface area contributed by atoms with Crippen molar-refractivity contribution >= 4 is 34.8 Å². The number of ether oxygens (including phenoxy) is 1. The molecule has 150 valence electrons. The Morgan fingerprint density at radius 2 is 2.14 bits per heavy atom. The Labute approximate surface area is 172 Å². The maximum absolute atomic E-state index is 14.2. The third-order valence-corrected chi connectivity index (χ3v) is 4.90. The molecule has 28 heavy (non-hydrogen) atoms. The van der Waals surface area contributed by atoms with Crippen molar-refractivity contribution in [3.8, 4) is 11.3 Å². The first-order chi connectivity index (χ1) is 13.5. The van der Waals surface area contributed by atoms with Crippen molar-refractivity contribution in [2.75, 3.05) is 39.4 Å². The summed E-state index contributed by atoms with van der Waals surface area (Å²) in [4.78, 5) is 14.9. The van der Waals surface area contributed by atoms with Crippen LogP contribution in [-0.2, 0) is 4.74 Å². The van der Waals surface area contributed by atoms with Crippen molar-refractivity contribution in [2.24, 2.45) is 0 Å². The van der Waals surface area contributed by atoms with E-state index < -0.39 is 11.7 Å². The van der Waals surface area contributed by atoms with Crippen molar-refractivity contribution in [3.63, 3.8) is 0 Å². The number of hydrogen-bond donors (Lipinski definition) is 2. The van der Waals surface area contributed by atoms with Crippen LogP contribution in [0.3, 0.4) is 0 Å². The molecule has 0 atom stereocenters. The monoisotopic (exact) mass is 426 g/mol. The van der Waals surface area contributed by atoms with Crippen LogP contribution in [-0.4, -0.2) is 60.5 Å². The number of carbonyl (C=O) groups is 1. The molecule has 7 nitrogen and oxygen atoms in total. The van der Waals surface area contributed by atoms with Crippen LogP contribution in [0.1, 0.15) is 16.1 Å². The zero-order valence-electron chi connectivity index (χ0n) is 15.3. The normalized spacial score (nSPS) is 14.7. The maximum atomic E-state index is 14.2. The lowest BCUT2D eigenvalue weighted by Crippen LogP contribution is -2.45. The zero-order valence-corrected chi connectivity index (χ0v) is 16.8. The molecule has 0 spiro atoms. The molecule has 1 saturated heterocycles. The van der Waals surface area contributed by atoms with Gasteiger partial charge in [0.05, 0.1) is 23.8 Å². The smallest absolute Gasteiger partial charge is 0.263 e. The summed E-state index contributed by atoms with van der Waals surface area (Å²) in [6.45, 7) is 6.09. The van der Waals surface area contributed by atoms with Crippen molar-refractivity contribution in [3.05, 3.63) is 40.4 Å². The molecule has 0 aliphatic carbocycles. The Hall–Kier alpha value is -2.07. The second-order valence-electron chi connectivity index (χ2n) is 6.22. The number of rotatable bonds is 5.